The van der Waals surface area contributed by atoms with Crippen molar-refractivity contribution < 1.29 is 13.2 Å². The second-order valence-corrected chi connectivity index (χ2v) is 8.89. The quantitative estimate of drug-likeness (QED) is 0.869. The molecule has 1 aliphatic heterocycles. The van der Waals surface area contributed by atoms with Crippen LogP contribution in [0.25, 0.3) is 0 Å². The summed E-state index contributed by atoms with van der Waals surface area (Å²) < 4.78 is 22.9. The van der Waals surface area contributed by atoms with Gasteiger partial charge in [0.25, 0.3) is 0 Å². The maximum absolute atomic E-state index is 11.9. The summed E-state index contributed by atoms with van der Waals surface area (Å²) in [4.78, 5) is 13.0. The lowest BCUT2D eigenvalue weighted by Crippen LogP contribution is -2.20. The number of rotatable bonds is 5. The second-order valence-electron chi connectivity index (χ2n) is 5.63. The molecule has 2 aromatic rings. The third-order valence-corrected chi connectivity index (χ3v) is 6.33. The average molecular weight is 350 g/mol. The third-order valence-electron chi connectivity index (χ3n) is 3.69. The highest BCUT2D eigenvalue weighted by molar-refractivity contribution is 7.91. The van der Waals surface area contributed by atoms with Crippen molar-refractivity contribution in [1.82, 2.24) is 0 Å². The van der Waals surface area contributed by atoms with Crippen LogP contribution in [0.1, 0.15) is 11.3 Å². The molecule has 0 bridgehead atoms. The van der Waals surface area contributed by atoms with Crippen LogP contribution < -0.4 is 10.6 Å². The molecule has 1 aromatic heterocycles. The first kappa shape index (κ1) is 16.0. The first-order valence-electron chi connectivity index (χ1n) is 7.39. The van der Waals surface area contributed by atoms with Gasteiger partial charge in [0, 0.05) is 22.3 Å². The van der Waals surface area contributed by atoms with Gasteiger partial charge in [-0.25, -0.2) is 8.42 Å². The Hall–Kier alpha value is -1.86. The maximum Gasteiger partial charge on any atom is 0.229 e. The summed E-state index contributed by atoms with van der Waals surface area (Å²) in [5.74, 6) is 0.392. The molecule has 1 aromatic carbocycles. The number of hydrogen-bond donors (Lipinski definition) is 2. The molecule has 1 saturated heterocycles. The van der Waals surface area contributed by atoms with Gasteiger partial charge in [-0.15, -0.1) is 11.3 Å². The number of nitrogens with one attached hydrogen (secondary N) is 2. The second kappa shape index (κ2) is 6.72. The van der Waals surface area contributed by atoms with E-state index in [1.54, 1.807) is 11.3 Å². The topological polar surface area (TPSA) is 75.3 Å². The monoisotopic (exact) mass is 350 g/mol. The Bertz CT molecular complexity index is 768. The van der Waals surface area contributed by atoms with Crippen molar-refractivity contribution in [2.24, 2.45) is 0 Å². The number of amides is 1. The Morgan fingerprint density at radius 1 is 1.17 bits per heavy atom. The predicted octanol–water partition coefficient (Wildman–Crippen LogP) is 2.53. The lowest BCUT2D eigenvalue weighted by molar-refractivity contribution is -0.115. The molecule has 122 valence electrons. The van der Waals surface area contributed by atoms with Gasteiger partial charge < -0.3 is 10.6 Å². The van der Waals surface area contributed by atoms with Crippen LogP contribution >= 0.6 is 11.3 Å². The molecule has 1 fully saturated rings. The molecule has 23 heavy (non-hydrogen) atoms. The molecule has 0 aliphatic carbocycles. The summed E-state index contributed by atoms with van der Waals surface area (Å²) in [5.41, 5.74) is 1.60. The summed E-state index contributed by atoms with van der Waals surface area (Å²) in [6.07, 6.45) is 1.01. The number of benzene rings is 1. The lowest BCUT2D eigenvalue weighted by Gasteiger charge is -2.13. The molecular weight excluding hydrogens is 332 g/mol. The van der Waals surface area contributed by atoms with Crippen LogP contribution in [-0.4, -0.2) is 31.9 Å². The van der Waals surface area contributed by atoms with E-state index in [1.165, 1.54) is 0 Å². The maximum atomic E-state index is 11.9. The summed E-state index contributed by atoms with van der Waals surface area (Å²) in [6.45, 7) is 0. The fraction of sp³-hybridized carbons (Fsp3) is 0.312. The normalized spacial score (nSPS) is 19.4. The number of carbonyl (C=O) groups is 1. The Labute approximate surface area is 139 Å². The van der Waals surface area contributed by atoms with Crippen LogP contribution in [0.4, 0.5) is 11.4 Å². The molecule has 1 unspecified atom stereocenters. The van der Waals surface area contributed by atoms with Gasteiger partial charge in [0.05, 0.1) is 17.9 Å². The van der Waals surface area contributed by atoms with Gasteiger partial charge in [-0.05, 0) is 42.1 Å². The Morgan fingerprint density at radius 2 is 1.91 bits per heavy atom. The van der Waals surface area contributed by atoms with Crippen molar-refractivity contribution in [3.05, 3.63) is 46.7 Å². The number of anilines is 2. The van der Waals surface area contributed by atoms with E-state index < -0.39 is 9.84 Å². The Morgan fingerprint density at radius 3 is 2.52 bits per heavy atom. The van der Waals surface area contributed by atoms with Crippen LogP contribution in [-0.2, 0) is 21.1 Å². The van der Waals surface area contributed by atoms with Crippen LogP contribution in [0.15, 0.2) is 41.8 Å². The fourth-order valence-corrected chi connectivity index (χ4v) is 4.95. The largest absolute Gasteiger partial charge is 0.381 e. The summed E-state index contributed by atoms with van der Waals surface area (Å²) >= 11 is 1.56. The van der Waals surface area contributed by atoms with E-state index in [4.69, 9.17) is 0 Å². The molecule has 2 heterocycles. The molecule has 0 saturated carbocycles. The lowest BCUT2D eigenvalue weighted by atomic mass is 10.2. The highest BCUT2D eigenvalue weighted by Gasteiger charge is 2.27. The molecule has 2 N–H and O–H groups in total. The van der Waals surface area contributed by atoms with E-state index >= 15 is 0 Å². The summed E-state index contributed by atoms with van der Waals surface area (Å²) in [5, 5.41) is 8.03. The molecule has 7 heteroatoms. The highest BCUT2D eigenvalue weighted by atomic mass is 32.2. The van der Waals surface area contributed by atoms with Crippen molar-refractivity contribution in [2.75, 3.05) is 22.1 Å². The van der Waals surface area contributed by atoms with Crippen molar-refractivity contribution in [1.29, 1.82) is 0 Å². The zero-order chi connectivity index (χ0) is 16.3. The van der Waals surface area contributed by atoms with Crippen molar-refractivity contribution in [3.63, 3.8) is 0 Å². The van der Waals surface area contributed by atoms with Crippen LogP contribution in [0.5, 0.6) is 0 Å². The third kappa shape index (κ3) is 4.56. The van der Waals surface area contributed by atoms with E-state index in [0.29, 0.717) is 12.8 Å². The van der Waals surface area contributed by atoms with Gasteiger partial charge in [-0.3, -0.25) is 4.79 Å². The number of thiophene rings is 1. The van der Waals surface area contributed by atoms with Crippen LogP contribution in [0.3, 0.4) is 0 Å². The van der Waals surface area contributed by atoms with E-state index in [9.17, 15) is 13.2 Å². The van der Waals surface area contributed by atoms with E-state index in [1.807, 2.05) is 41.8 Å². The van der Waals surface area contributed by atoms with Gasteiger partial charge in [-0.1, -0.05) is 6.07 Å². The van der Waals surface area contributed by atoms with Crippen molar-refractivity contribution in [3.8, 4) is 0 Å². The minimum Gasteiger partial charge on any atom is -0.381 e. The molecular formula is C16H18N2O3S2. The van der Waals surface area contributed by atoms with Crippen LogP contribution in [0.2, 0.25) is 0 Å². The zero-order valence-corrected chi connectivity index (χ0v) is 14.1. The van der Waals surface area contributed by atoms with E-state index in [2.05, 4.69) is 10.6 Å². The first-order chi connectivity index (χ1) is 11.0. The number of sulfone groups is 1. The van der Waals surface area contributed by atoms with E-state index in [-0.39, 0.29) is 23.5 Å². The van der Waals surface area contributed by atoms with Crippen molar-refractivity contribution >= 4 is 38.5 Å². The summed E-state index contributed by atoms with van der Waals surface area (Å²) in [7, 11) is -2.88. The molecule has 0 radical (unpaired) electrons. The molecule has 0 spiro atoms. The number of carbonyl (C=O) groups excluding carboxylic acids is 1. The van der Waals surface area contributed by atoms with Gasteiger partial charge in [0.15, 0.2) is 9.84 Å². The average Bonchev–Trinajstić information content (AvgIpc) is 3.10. The summed E-state index contributed by atoms with van der Waals surface area (Å²) in [6, 6.07) is 11.2. The standard InChI is InChI=1S/C16H18N2O3S2/c19-16(10-15-2-1-8-22-15)18-13-5-3-12(4-6-13)17-14-7-9-23(20,21)11-14/h1-6,8,14,17H,7,9-11H2,(H,18,19). The molecule has 3 rings (SSSR count). The van der Waals surface area contributed by atoms with Gasteiger partial charge >= 0.3 is 0 Å². The Balaban J connectivity index is 1.54. The van der Waals surface area contributed by atoms with Crippen LogP contribution in [0, 0.1) is 0 Å². The molecule has 1 aliphatic rings. The fourth-order valence-electron chi connectivity index (χ4n) is 2.57. The van der Waals surface area contributed by atoms with E-state index in [0.717, 1.165) is 16.3 Å². The Kier molecular flexibility index (Phi) is 4.68. The predicted molar refractivity (Wildman–Crippen MR) is 93.8 cm³/mol. The minimum atomic E-state index is -2.88. The van der Waals surface area contributed by atoms with Gasteiger partial charge in [0.1, 0.15) is 0 Å². The highest BCUT2D eigenvalue weighted by Crippen LogP contribution is 2.19. The smallest absolute Gasteiger partial charge is 0.229 e. The van der Waals surface area contributed by atoms with Gasteiger partial charge in [-0.2, -0.15) is 0 Å². The minimum absolute atomic E-state index is 0.0285. The first-order valence-corrected chi connectivity index (χ1v) is 10.1. The SMILES string of the molecule is O=C(Cc1cccs1)Nc1ccc(NC2CCS(=O)(=O)C2)cc1. The van der Waals surface area contributed by atoms with Gasteiger partial charge in [0.2, 0.25) is 5.91 Å². The zero-order valence-electron chi connectivity index (χ0n) is 12.5. The molecule has 5 nitrogen and oxygen atoms in total. The molecule has 1 atom stereocenters. The number of hydrogen-bond acceptors (Lipinski definition) is 5. The molecule has 1 amide bonds. The van der Waals surface area contributed by atoms with Crippen molar-refractivity contribution in [2.45, 2.75) is 18.9 Å².